The fraction of sp³-hybridized carbons (Fsp3) is 0.800. The maximum Gasteiger partial charge on any atom is 0.329 e. The first kappa shape index (κ1) is 18.1. The van der Waals surface area contributed by atoms with Crippen LogP contribution in [-0.2, 0) is 23.8 Å². The van der Waals surface area contributed by atoms with E-state index < -0.39 is 18.5 Å². The van der Waals surface area contributed by atoms with Crippen molar-refractivity contribution >= 4 is 11.9 Å². The van der Waals surface area contributed by atoms with Crippen molar-refractivity contribution < 1.29 is 28.9 Å². The van der Waals surface area contributed by atoms with Gasteiger partial charge in [0.25, 0.3) is 0 Å². The Hall–Kier alpha value is -1.87. The van der Waals surface area contributed by atoms with Gasteiger partial charge in [-0.15, -0.1) is 0 Å². The zero-order valence-electron chi connectivity index (χ0n) is 11.0. The van der Waals surface area contributed by atoms with Gasteiger partial charge in [-0.25, -0.2) is 4.79 Å². The third-order valence-corrected chi connectivity index (χ3v) is 1.80. The Balaban J connectivity index is 3.20. The molecule has 0 aliphatic heterocycles. The number of nitrogens with one attached hydrogen (secondary N) is 1. The van der Waals surface area contributed by atoms with Crippen molar-refractivity contribution in [1.29, 1.82) is 0 Å². The molecule has 0 aromatic carbocycles. The molecule has 20 heavy (non-hydrogen) atoms. The second-order valence-electron chi connectivity index (χ2n) is 3.42. The van der Waals surface area contributed by atoms with Crippen molar-refractivity contribution in [2.45, 2.75) is 0 Å². The van der Waals surface area contributed by atoms with Crippen LogP contribution in [0.2, 0.25) is 0 Å². The Kier molecular flexibility index (Phi) is 12.3. The number of rotatable bonds is 13. The van der Waals surface area contributed by atoms with E-state index in [2.05, 4.69) is 20.1 Å². The van der Waals surface area contributed by atoms with E-state index >= 15 is 0 Å². The number of azide groups is 1. The summed E-state index contributed by atoms with van der Waals surface area (Å²) in [6.07, 6.45) is 0. The highest BCUT2D eigenvalue weighted by Crippen LogP contribution is 1.81. The van der Waals surface area contributed by atoms with Crippen molar-refractivity contribution in [3.8, 4) is 0 Å². The largest absolute Gasteiger partial charge is 0.480 e. The fourth-order valence-corrected chi connectivity index (χ4v) is 1.02. The van der Waals surface area contributed by atoms with Crippen LogP contribution in [0.1, 0.15) is 0 Å². The van der Waals surface area contributed by atoms with Crippen LogP contribution in [0.3, 0.4) is 0 Å². The quantitative estimate of drug-likeness (QED) is 0.203. The monoisotopic (exact) mass is 290 g/mol. The molecule has 0 unspecified atom stereocenters. The predicted molar refractivity (Wildman–Crippen MR) is 67.1 cm³/mol. The lowest BCUT2D eigenvalue weighted by molar-refractivity contribution is -0.143. The maximum atomic E-state index is 11.1. The SMILES string of the molecule is [N-]=[N+]=NCCOCCOCCNC(=O)COCC(=O)O. The lowest BCUT2D eigenvalue weighted by Crippen LogP contribution is -2.31. The van der Waals surface area contributed by atoms with Crippen LogP contribution >= 0.6 is 0 Å². The van der Waals surface area contributed by atoms with E-state index in [-0.39, 0.29) is 13.2 Å². The van der Waals surface area contributed by atoms with Crippen molar-refractivity contribution in [2.75, 3.05) is 52.7 Å². The van der Waals surface area contributed by atoms with E-state index in [1.165, 1.54) is 0 Å². The number of hydrogen-bond acceptors (Lipinski definition) is 6. The normalized spacial score (nSPS) is 9.80. The number of carbonyl (C=O) groups is 2. The summed E-state index contributed by atoms with van der Waals surface area (Å²) in [4.78, 5) is 23.8. The number of ether oxygens (including phenoxy) is 3. The number of hydrogen-bond donors (Lipinski definition) is 2. The summed E-state index contributed by atoms with van der Waals surface area (Å²) in [5.74, 6) is -1.53. The van der Waals surface area contributed by atoms with E-state index in [9.17, 15) is 9.59 Å². The van der Waals surface area contributed by atoms with Crippen LogP contribution in [-0.4, -0.2) is 69.7 Å². The minimum atomic E-state index is -1.12. The molecule has 0 saturated carbocycles. The molecule has 0 bridgehead atoms. The Morgan fingerprint density at radius 3 is 2.45 bits per heavy atom. The molecule has 0 rings (SSSR count). The minimum absolute atomic E-state index is 0.281. The first-order valence-corrected chi connectivity index (χ1v) is 5.89. The average Bonchev–Trinajstić information content (AvgIpc) is 2.40. The average molecular weight is 290 g/mol. The zero-order chi connectivity index (χ0) is 15.1. The summed E-state index contributed by atoms with van der Waals surface area (Å²) in [5.41, 5.74) is 8.00. The van der Waals surface area contributed by atoms with Crippen molar-refractivity contribution in [2.24, 2.45) is 5.11 Å². The first-order valence-electron chi connectivity index (χ1n) is 5.89. The standard InChI is InChI=1S/C10H18N4O6/c11-14-13-2-4-19-6-5-18-3-1-12-9(15)7-20-8-10(16)17/h1-8H2,(H,12,15)(H,16,17). The summed E-state index contributed by atoms with van der Waals surface area (Å²) >= 11 is 0. The van der Waals surface area contributed by atoms with Gasteiger partial charge < -0.3 is 24.6 Å². The van der Waals surface area contributed by atoms with Crippen LogP contribution in [0, 0.1) is 0 Å². The van der Waals surface area contributed by atoms with Gasteiger partial charge in [0.2, 0.25) is 5.91 Å². The van der Waals surface area contributed by atoms with Gasteiger partial charge in [-0.05, 0) is 5.53 Å². The van der Waals surface area contributed by atoms with E-state index in [0.717, 1.165) is 0 Å². The van der Waals surface area contributed by atoms with Crippen molar-refractivity contribution in [3.05, 3.63) is 10.4 Å². The Labute approximate surface area is 115 Å². The van der Waals surface area contributed by atoms with Crippen LogP contribution < -0.4 is 5.32 Å². The van der Waals surface area contributed by atoms with Gasteiger partial charge in [-0.2, -0.15) is 0 Å². The predicted octanol–water partition coefficient (Wildman–Crippen LogP) is -0.453. The molecule has 0 spiro atoms. The summed E-state index contributed by atoms with van der Waals surface area (Å²) in [5, 5.41) is 14.1. The molecule has 0 aliphatic rings. The Bertz CT molecular complexity index is 332. The molecular formula is C10H18N4O6. The molecule has 0 fully saturated rings. The van der Waals surface area contributed by atoms with Crippen LogP contribution in [0.25, 0.3) is 10.4 Å². The first-order chi connectivity index (χ1) is 9.66. The number of amides is 1. The van der Waals surface area contributed by atoms with Crippen molar-refractivity contribution in [3.63, 3.8) is 0 Å². The molecule has 2 N–H and O–H groups in total. The zero-order valence-corrected chi connectivity index (χ0v) is 11.0. The van der Waals surface area contributed by atoms with Gasteiger partial charge in [0.15, 0.2) is 0 Å². The highest BCUT2D eigenvalue weighted by molar-refractivity contribution is 5.77. The van der Waals surface area contributed by atoms with Gasteiger partial charge in [0.1, 0.15) is 13.2 Å². The van der Waals surface area contributed by atoms with Gasteiger partial charge in [-0.3, -0.25) is 4.79 Å². The molecule has 0 aliphatic carbocycles. The van der Waals surface area contributed by atoms with Gasteiger partial charge in [0.05, 0.1) is 26.4 Å². The molecule has 0 saturated heterocycles. The molecule has 0 atom stereocenters. The number of carboxylic acid groups (broad SMARTS) is 1. The highest BCUT2D eigenvalue weighted by atomic mass is 16.5. The number of nitrogens with zero attached hydrogens (tertiary/aromatic N) is 3. The number of carbonyl (C=O) groups excluding carboxylic acids is 1. The highest BCUT2D eigenvalue weighted by Gasteiger charge is 2.02. The molecular weight excluding hydrogens is 272 g/mol. The summed E-state index contributed by atoms with van der Waals surface area (Å²) < 4.78 is 14.8. The molecule has 0 aromatic rings. The molecule has 10 heteroatoms. The van der Waals surface area contributed by atoms with Crippen molar-refractivity contribution in [1.82, 2.24) is 5.32 Å². The molecule has 1 amide bonds. The molecule has 0 radical (unpaired) electrons. The van der Waals surface area contributed by atoms with Crippen LogP contribution in [0.15, 0.2) is 5.11 Å². The maximum absolute atomic E-state index is 11.1. The summed E-state index contributed by atoms with van der Waals surface area (Å²) in [7, 11) is 0. The lowest BCUT2D eigenvalue weighted by Gasteiger charge is -2.06. The second kappa shape index (κ2) is 13.6. The smallest absolute Gasteiger partial charge is 0.329 e. The molecule has 114 valence electrons. The number of aliphatic carboxylic acids is 1. The van der Waals surface area contributed by atoms with Crippen LogP contribution in [0.4, 0.5) is 0 Å². The van der Waals surface area contributed by atoms with Gasteiger partial charge in [0, 0.05) is 18.0 Å². The third kappa shape index (κ3) is 14.2. The topological polar surface area (TPSA) is 143 Å². The summed E-state index contributed by atoms with van der Waals surface area (Å²) in [6, 6.07) is 0. The van der Waals surface area contributed by atoms with E-state index in [4.69, 9.17) is 20.1 Å². The van der Waals surface area contributed by atoms with E-state index in [0.29, 0.717) is 33.0 Å². The third-order valence-electron chi connectivity index (χ3n) is 1.80. The fourth-order valence-electron chi connectivity index (χ4n) is 1.02. The van der Waals surface area contributed by atoms with E-state index in [1.807, 2.05) is 0 Å². The van der Waals surface area contributed by atoms with Gasteiger partial charge in [-0.1, -0.05) is 5.11 Å². The molecule has 0 aromatic heterocycles. The van der Waals surface area contributed by atoms with Crippen LogP contribution in [0.5, 0.6) is 0 Å². The van der Waals surface area contributed by atoms with E-state index in [1.54, 1.807) is 0 Å². The lowest BCUT2D eigenvalue weighted by atomic mass is 10.6. The molecule has 0 heterocycles. The second-order valence-corrected chi connectivity index (χ2v) is 3.42. The minimum Gasteiger partial charge on any atom is -0.480 e. The molecule has 10 nitrogen and oxygen atoms in total. The van der Waals surface area contributed by atoms with Gasteiger partial charge >= 0.3 is 5.97 Å². The summed E-state index contributed by atoms with van der Waals surface area (Å²) in [6.45, 7) is 1.16. The Morgan fingerprint density at radius 2 is 1.80 bits per heavy atom. The Morgan fingerprint density at radius 1 is 1.10 bits per heavy atom. The number of carboxylic acids is 1.